The van der Waals surface area contributed by atoms with Crippen LogP contribution in [0.15, 0.2) is 30.3 Å². The quantitative estimate of drug-likeness (QED) is 0.683. The molecule has 1 amide bonds. The molecule has 1 atom stereocenters. The summed E-state index contributed by atoms with van der Waals surface area (Å²) in [5.74, 6) is 0.180. The van der Waals surface area contributed by atoms with E-state index in [-0.39, 0.29) is 11.2 Å². The van der Waals surface area contributed by atoms with Gasteiger partial charge in [-0.05, 0) is 24.8 Å². The molecule has 0 saturated heterocycles. The monoisotopic (exact) mass is 293 g/mol. The van der Waals surface area contributed by atoms with Crippen molar-refractivity contribution in [3.63, 3.8) is 0 Å². The van der Waals surface area contributed by atoms with E-state index in [1.165, 1.54) is 5.56 Å². The molecule has 0 saturated carbocycles. The molecule has 2 nitrogen and oxygen atoms in total. The maximum atomic E-state index is 12.5. The molecule has 0 aliphatic rings. The molecule has 0 bridgehead atoms. The van der Waals surface area contributed by atoms with Crippen molar-refractivity contribution in [2.75, 3.05) is 13.1 Å². The van der Waals surface area contributed by atoms with Crippen LogP contribution in [0.3, 0.4) is 0 Å². The Bertz CT molecular complexity index is 372. The molecule has 0 radical (unpaired) electrons. The summed E-state index contributed by atoms with van der Waals surface area (Å²) in [5, 5.41) is -0.230. The molecule has 3 heteroatoms. The average Bonchev–Trinajstić information content (AvgIpc) is 2.48. The summed E-state index contributed by atoms with van der Waals surface area (Å²) in [6.45, 7) is 6.04. The minimum absolute atomic E-state index is 0.180. The first-order valence-corrected chi connectivity index (χ1v) is 8.21. The lowest BCUT2D eigenvalue weighted by Gasteiger charge is -2.25. The third-order valence-corrected chi connectivity index (χ3v) is 3.84. The predicted octanol–water partition coefficient (Wildman–Crippen LogP) is 3.96. The maximum Gasteiger partial charge on any atom is 0.235 e. The Labute approximate surface area is 129 Å². The first-order valence-electron chi connectivity index (χ1n) is 7.69. The molecule has 1 unspecified atom stereocenters. The van der Waals surface area contributed by atoms with E-state index in [9.17, 15) is 4.79 Å². The first kappa shape index (κ1) is 17.1. The van der Waals surface area contributed by atoms with E-state index >= 15 is 0 Å². The van der Waals surface area contributed by atoms with Crippen molar-refractivity contribution in [3.8, 4) is 0 Å². The van der Waals surface area contributed by atoms with Gasteiger partial charge in [0.15, 0.2) is 0 Å². The Morgan fingerprint density at radius 1 is 1.10 bits per heavy atom. The van der Waals surface area contributed by atoms with E-state index in [1.807, 2.05) is 23.1 Å². The second kappa shape index (κ2) is 9.87. The van der Waals surface area contributed by atoms with Gasteiger partial charge in [-0.3, -0.25) is 4.79 Å². The molecule has 0 fully saturated rings. The molecule has 0 aliphatic carbocycles. The van der Waals surface area contributed by atoms with E-state index in [2.05, 4.69) is 38.6 Å². The molecule has 1 aromatic carbocycles. The zero-order chi connectivity index (χ0) is 14.8. The largest absolute Gasteiger partial charge is 0.342 e. The Morgan fingerprint density at radius 2 is 1.65 bits per heavy atom. The highest BCUT2D eigenvalue weighted by Crippen LogP contribution is 2.12. The van der Waals surface area contributed by atoms with Crippen LogP contribution in [0.25, 0.3) is 0 Å². The molecule has 0 aliphatic heterocycles. The van der Waals surface area contributed by atoms with Crippen molar-refractivity contribution < 1.29 is 4.79 Å². The molecular formula is C17H27NOS. The van der Waals surface area contributed by atoms with Crippen LogP contribution in [0.5, 0.6) is 0 Å². The minimum atomic E-state index is -0.230. The molecule has 112 valence electrons. The fourth-order valence-electron chi connectivity index (χ4n) is 2.17. The van der Waals surface area contributed by atoms with Gasteiger partial charge in [0.05, 0.1) is 5.25 Å². The van der Waals surface area contributed by atoms with Gasteiger partial charge in [-0.15, -0.1) is 0 Å². The Balaban J connectivity index is 2.57. The van der Waals surface area contributed by atoms with Crippen LogP contribution >= 0.6 is 12.6 Å². The number of carbonyl (C=O) groups is 1. The van der Waals surface area contributed by atoms with Crippen molar-refractivity contribution in [2.45, 2.75) is 51.2 Å². The van der Waals surface area contributed by atoms with E-state index < -0.39 is 0 Å². The summed E-state index contributed by atoms with van der Waals surface area (Å²) < 4.78 is 0. The molecule has 0 heterocycles. The fourth-order valence-corrected chi connectivity index (χ4v) is 2.54. The van der Waals surface area contributed by atoms with E-state index in [4.69, 9.17) is 0 Å². The summed E-state index contributed by atoms with van der Waals surface area (Å²) in [6.07, 6.45) is 5.08. The smallest absolute Gasteiger partial charge is 0.235 e. The number of unbranched alkanes of at least 4 members (excludes halogenated alkanes) is 2. The van der Waals surface area contributed by atoms with Gasteiger partial charge in [-0.1, -0.05) is 57.0 Å². The maximum absolute atomic E-state index is 12.5. The Morgan fingerprint density at radius 3 is 2.15 bits per heavy atom. The second-order valence-corrected chi connectivity index (χ2v) is 5.86. The van der Waals surface area contributed by atoms with Crippen LogP contribution in [-0.4, -0.2) is 29.1 Å². The lowest BCUT2D eigenvalue weighted by Crippen LogP contribution is -2.39. The number of rotatable bonds is 9. The minimum Gasteiger partial charge on any atom is -0.342 e. The van der Waals surface area contributed by atoms with Gasteiger partial charge in [0.2, 0.25) is 5.91 Å². The number of carbonyl (C=O) groups excluding carboxylic acids is 1. The normalized spacial score (nSPS) is 12.2. The van der Waals surface area contributed by atoms with Gasteiger partial charge in [0.25, 0.3) is 0 Å². The van der Waals surface area contributed by atoms with Gasteiger partial charge in [-0.2, -0.15) is 12.6 Å². The standard InChI is InChI=1S/C17H27NOS/c1-3-5-12-18(13-6-4-2)17(19)16(20)14-15-10-8-7-9-11-15/h7-11,16,20H,3-6,12-14H2,1-2H3. The van der Waals surface area contributed by atoms with Crippen LogP contribution in [0.2, 0.25) is 0 Å². The van der Waals surface area contributed by atoms with Crippen LogP contribution in [-0.2, 0) is 11.2 Å². The SMILES string of the molecule is CCCCN(CCCC)C(=O)C(S)Cc1ccccc1. The van der Waals surface area contributed by atoms with Gasteiger partial charge in [0, 0.05) is 13.1 Å². The number of nitrogens with zero attached hydrogens (tertiary/aromatic N) is 1. The second-order valence-electron chi connectivity index (χ2n) is 5.24. The lowest BCUT2D eigenvalue weighted by atomic mass is 10.1. The zero-order valence-corrected chi connectivity index (χ0v) is 13.6. The molecule has 0 N–H and O–H groups in total. The number of hydrogen-bond donors (Lipinski definition) is 1. The zero-order valence-electron chi connectivity index (χ0n) is 12.7. The predicted molar refractivity (Wildman–Crippen MR) is 89.3 cm³/mol. The third kappa shape index (κ3) is 6.00. The van der Waals surface area contributed by atoms with Crippen molar-refractivity contribution in [3.05, 3.63) is 35.9 Å². The molecule has 20 heavy (non-hydrogen) atoms. The van der Waals surface area contributed by atoms with E-state index in [0.717, 1.165) is 38.8 Å². The van der Waals surface area contributed by atoms with Crippen molar-refractivity contribution >= 4 is 18.5 Å². The van der Waals surface area contributed by atoms with Crippen LogP contribution in [0.4, 0.5) is 0 Å². The molecule has 1 rings (SSSR count). The molecule has 0 aromatic heterocycles. The lowest BCUT2D eigenvalue weighted by molar-refractivity contribution is -0.130. The Kier molecular flexibility index (Phi) is 8.43. The van der Waals surface area contributed by atoms with Gasteiger partial charge < -0.3 is 4.90 Å². The van der Waals surface area contributed by atoms with Crippen LogP contribution in [0, 0.1) is 0 Å². The summed E-state index contributed by atoms with van der Waals surface area (Å²) in [4.78, 5) is 14.5. The average molecular weight is 293 g/mol. The van der Waals surface area contributed by atoms with Gasteiger partial charge in [0.1, 0.15) is 0 Å². The van der Waals surface area contributed by atoms with E-state index in [1.54, 1.807) is 0 Å². The van der Waals surface area contributed by atoms with E-state index in [0.29, 0.717) is 6.42 Å². The Hall–Kier alpha value is -0.960. The molecular weight excluding hydrogens is 266 g/mol. The highest BCUT2D eigenvalue weighted by molar-refractivity contribution is 7.81. The van der Waals surface area contributed by atoms with Crippen molar-refractivity contribution in [2.24, 2.45) is 0 Å². The van der Waals surface area contributed by atoms with Crippen molar-refractivity contribution in [1.82, 2.24) is 4.90 Å². The summed E-state index contributed by atoms with van der Waals surface area (Å²) in [5.41, 5.74) is 1.17. The number of benzene rings is 1. The fraction of sp³-hybridized carbons (Fsp3) is 0.588. The molecule has 1 aromatic rings. The third-order valence-electron chi connectivity index (χ3n) is 3.43. The van der Waals surface area contributed by atoms with Gasteiger partial charge in [-0.25, -0.2) is 0 Å². The highest BCUT2D eigenvalue weighted by Gasteiger charge is 2.20. The number of hydrogen-bond acceptors (Lipinski definition) is 2. The summed E-state index contributed by atoms with van der Waals surface area (Å²) in [6, 6.07) is 10.1. The molecule has 0 spiro atoms. The van der Waals surface area contributed by atoms with Crippen LogP contribution in [0.1, 0.15) is 45.1 Å². The topological polar surface area (TPSA) is 20.3 Å². The first-order chi connectivity index (χ1) is 9.69. The van der Waals surface area contributed by atoms with Gasteiger partial charge >= 0.3 is 0 Å². The summed E-state index contributed by atoms with van der Waals surface area (Å²) >= 11 is 4.53. The van der Waals surface area contributed by atoms with Crippen LogP contribution < -0.4 is 0 Å². The van der Waals surface area contributed by atoms with Crippen molar-refractivity contribution in [1.29, 1.82) is 0 Å². The summed E-state index contributed by atoms with van der Waals surface area (Å²) in [7, 11) is 0. The highest BCUT2D eigenvalue weighted by atomic mass is 32.1. The number of thiol groups is 1. The number of amides is 1.